The van der Waals surface area contributed by atoms with E-state index in [1.54, 1.807) is 0 Å². The summed E-state index contributed by atoms with van der Waals surface area (Å²) in [7, 11) is -6.04. The average Bonchev–Trinajstić information content (AvgIpc) is 2.59. The van der Waals surface area contributed by atoms with E-state index in [4.69, 9.17) is 4.55 Å². The fraction of sp³-hybridized carbons (Fsp3) is 0.833. The minimum atomic E-state index is -6.92. The van der Waals surface area contributed by atoms with Gasteiger partial charge in [0.1, 0.15) is 0 Å². The Morgan fingerprint density at radius 1 is 0.686 bits per heavy atom. The summed E-state index contributed by atoms with van der Waals surface area (Å²) in [5.41, 5.74) is 0. The molecule has 0 saturated heterocycles. The van der Waals surface area contributed by atoms with Crippen LogP contribution in [-0.2, 0) is 29.2 Å². The van der Waals surface area contributed by atoms with Crippen molar-refractivity contribution >= 4 is 51.6 Å². The van der Waals surface area contributed by atoms with Gasteiger partial charge in [-0.15, -0.1) is 0 Å². The maximum absolute atomic E-state index is 13.0. The van der Waals surface area contributed by atoms with Crippen molar-refractivity contribution < 1.29 is 93.5 Å². The van der Waals surface area contributed by atoms with E-state index in [1.165, 1.54) is 0 Å². The van der Waals surface area contributed by atoms with Crippen LogP contribution in [0.25, 0.3) is 0 Å². The molecule has 0 aliphatic rings. The molecule has 0 aromatic heterocycles. The molecule has 203 valence electrons. The molecule has 0 bridgehead atoms. The first-order valence-corrected chi connectivity index (χ1v) is 9.05. The third-order valence-electron chi connectivity index (χ3n) is 3.42. The monoisotopic (exact) mass is 585 g/mol. The number of halogens is 14. The number of alkyl halides is 14. The zero-order valence-corrected chi connectivity index (χ0v) is 19.1. The van der Waals surface area contributed by atoms with E-state index < -0.39 is 83.0 Å². The molecule has 0 aliphatic carbocycles. The number of ether oxygens (including phenoxy) is 2. The molecule has 0 aliphatic heterocycles. The predicted octanol–water partition coefficient (Wildman–Crippen LogP) is 3.00. The minimum absolute atomic E-state index is 0. The van der Waals surface area contributed by atoms with Crippen LogP contribution >= 0.6 is 0 Å². The van der Waals surface area contributed by atoms with Crippen LogP contribution in [0.5, 0.6) is 0 Å². The zero-order valence-electron chi connectivity index (χ0n) is 16.3. The third kappa shape index (κ3) is 8.45. The molecule has 0 heterocycles. The second-order valence-corrected chi connectivity index (χ2v) is 7.63. The molecule has 0 saturated carbocycles. The third-order valence-corrected chi connectivity index (χ3v) is 4.49. The number of hydrogen-bond acceptors (Lipinski definition) is 6. The van der Waals surface area contributed by atoms with Gasteiger partial charge in [0.25, 0.3) is 10.1 Å². The Labute approximate surface area is 206 Å². The van der Waals surface area contributed by atoms with Crippen molar-refractivity contribution in [3.05, 3.63) is 0 Å². The van der Waals surface area contributed by atoms with Crippen molar-refractivity contribution in [2.75, 3.05) is 13.2 Å². The molecule has 0 aromatic carbocycles. The van der Waals surface area contributed by atoms with Gasteiger partial charge in [0.05, 0.1) is 6.42 Å². The summed E-state index contributed by atoms with van der Waals surface area (Å²) >= 11 is 0. The first kappa shape index (κ1) is 36.0. The molecule has 1 unspecified atom stereocenters. The van der Waals surface area contributed by atoms with Crippen molar-refractivity contribution in [2.45, 2.75) is 47.7 Å². The molecule has 0 rings (SSSR count). The van der Waals surface area contributed by atoms with Crippen molar-refractivity contribution in [3.63, 3.8) is 0 Å². The summed E-state index contributed by atoms with van der Waals surface area (Å²) < 4.78 is 212. The van der Waals surface area contributed by atoms with Gasteiger partial charge >= 0.3 is 48.0 Å². The van der Waals surface area contributed by atoms with E-state index in [1.807, 2.05) is 0 Å². The van der Waals surface area contributed by atoms with E-state index in [9.17, 15) is 79.5 Å². The van der Waals surface area contributed by atoms with Crippen LogP contribution < -0.4 is 0 Å². The van der Waals surface area contributed by atoms with E-state index >= 15 is 0 Å². The number of carbonyl (C=O) groups excluding carboxylic acids is 2. The standard InChI is InChI=1S/C12H8F14O7S.Na/c13-7(14,9(17,18)11(21,22)23)2-32-5(27)1-4(34(29,30)31)6(28)33-3-8(15,16)10(19,20)12(24,25)26;/h4H,1-3H2,(H,29,30,31);. The summed E-state index contributed by atoms with van der Waals surface area (Å²) in [4.78, 5) is 22.6. The summed E-state index contributed by atoms with van der Waals surface area (Å²) in [6.45, 7) is -6.32. The predicted molar refractivity (Wildman–Crippen MR) is 79.5 cm³/mol. The van der Waals surface area contributed by atoms with Gasteiger partial charge in [0.2, 0.25) is 0 Å². The average molecular weight is 585 g/mol. The Bertz CT molecular complexity index is 868. The van der Waals surface area contributed by atoms with E-state index in [0.29, 0.717) is 0 Å². The largest absolute Gasteiger partial charge is 0.460 e. The van der Waals surface area contributed by atoms with Crippen LogP contribution in [0.1, 0.15) is 6.42 Å². The van der Waals surface area contributed by atoms with Crippen molar-refractivity contribution in [1.29, 1.82) is 0 Å². The maximum atomic E-state index is 13.0. The summed E-state index contributed by atoms with van der Waals surface area (Å²) in [6.07, 6.45) is -16.1. The number of rotatable bonds is 10. The Balaban J connectivity index is 0. The molecule has 0 amide bonds. The molecule has 1 atom stereocenters. The topological polar surface area (TPSA) is 107 Å². The molecule has 1 radical (unpaired) electrons. The van der Waals surface area contributed by atoms with E-state index in [0.717, 1.165) is 0 Å². The molecule has 1 N–H and O–H groups in total. The number of hydrogen-bond donors (Lipinski definition) is 1. The van der Waals surface area contributed by atoms with Gasteiger partial charge < -0.3 is 9.47 Å². The number of carbonyl (C=O) groups is 2. The van der Waals surface area contributed by atoms with Crippen LogP contribution in [0.4, 0.5) is 61.5 Å². The van der Waals surface area contributed by atoms with Gasteiger partial charge in [0, 0.05) is 29.6 Å². The van der Waals surface area contributed by atoms with Crippen LogP contribution in [0.3, 0.4) is 0 Å². The Morgan fingerprint density at radius 3 is 1.29 bits per heavy atom. The van der Waals surface area contributed by atoms with E-state index in [-0.39, 0.29) is 29.6 Å². The van der Waals surface area contributed by atoms with E-state index in [2.05, 4.69) is 9.47 Å². The van der Waals surface area contributed by atoms with Gasteiger partial charge in [-0.25, -0.2) is 0 Å². The van der Waals surface area contributed by atoms with Crippen LogP contribution in [0.15, 0.2) is 0 Å². The van der Waals surface area contributed by atoms with Gasteiger partial charge in [-0.2, -0.15) is 69.9 Å². The normalized spacial score (nSPS) is 15.2. The smallest absolute Gasteiger partial charge is 0.459 e. The minimum Gasteiger partial charge on any atom is -0.459 e. The van der Waals surface area contributed by atoms with Crippen LogP contribution in [0, 0.1) is 0 Å². The molecule has 7 nitrogen and oxygen atoms in total. The van der Waals surface area contributed by atoms with Crippen LogP contribution in [-0.4, -0.2) is 109 Å². The molecule has 0 fully saturated rings. The number of esters is 2. The summed E-state index contributed by atoms with van der Waals surface area (Å²) in [5, 5.41) is -3.55. The summed E-state index contributed by atoms with van der Waals surface area (Å²) in [5.74, 6) is -31.5. The van der Waals surface area contributed by atoms with Gasteiger partial charge in [-0.3, -0.25) is 14.1 Å². The first-order chi connectivity index (χ1) is 14.6. The maximum Gasteiger partial charge on any atom is 0.460 e. The fourth-order valence-electron chi connectivity index (χ4n) is 1.54. The Morgan fingerprint density at radius 2 is 1.00 bits per heavy atom. The molecule has 35 heavy (non-hydrogen) atoms. The second-order valence-electron chi connectivity index (χ2n) is 6.03. The van der Waals surface area contributed by atoms with Crippen molar-refractivity contribution in [3.8, 4) is 0 Å². The van der Waals surface area contributed by atoms with Crippen molar-refractivity contribution in [1.82, 2.24) is 0 Å². The molecular formula is C12H8F14NaO7S. The fourth-order valence-corrected chi connectivity index (χ4v) is 2.20. The molecule has 0 spiro atoms. The van der Waals surface area contributed by atoms with Crippen molar-refractivity contribution in [2.24, 2.45) is 0 Å². The van der Waals surface area contributed by atoms with Gasteiger partial charge in [-0.1, -0.05) is 0 Å². The molecule has 23 heteroatoms. The quantitative estimate of drug-likeness (QED) is 0.182. The molecular weight excluding hydrogens is 577 g/mol. The first-order valence-electron chi connectivity index (χ1n) is 7.55. The van der Waals surface area contributed by atoms with Crippen LogP contribution in [0.2, 0.25) is 0 Å². The van der Waals surface area contributed by atoms with Gasteiger partial charge in [0.15, 0.2) is 18.5 Å². The summed E-state index contributed by atoms with van der Waals surface area (Å²) in [6, 6.07) is 0. The Kier molecular flexibility index (Phi) is 11.4. The SMILES string of the molecule is O=C(CC(C(=O)OCC(F)(F)C(F)(F)C(F)(F)F)S(=O)(=O)O)OCC(F)(F)C(F)(F)C(F)(F)F.[Na]. The Hall–Kier alpha value is -1.13. The van der Waals surface area contributed by atoms with Gasteiger partial charge in [-0.05, 0) is 0 Å². The second kappa shape index (κ2) is 11.1. The zero-order chi connectivity index (χ0) is 27.8. The molecule has 0 aromatic rings.